The Hall–Kier alpha value is -1.25. The lowest BCUT2D eigenvalue weighted by molar-refractivity contribution is 0.335. The Morgan fingerprint density at radius 3 is 3.12 bits per heavy atom. The van der Waals surface area contributed by atoms with E-state index in [0.29, 0.717) is 6.04 Å². The Bertz CT molecular complexity index is 405. The van der Waals surface area contributed by atoms with Crippen molar-refractivity contribution in [3.8, 4) is 0 Å². The molecule has 2 unspecified atom stereocenters. The van der Waals surface area contributed by atoms with Crippen molar-refractivity contribution < 1.29 is 0 Å². The van der Waals surface area contributed by atoms with Gasteiger partial charge in [-0.2, -0.15) is 0 Å². The second-order valence-electron chi connectivity index (χ2n) is 4.99. The zero-order valence-electron chi connectivity index (χ0n) is 9.82. The van der Waals surface area contributed by atoms with Gasteiger partial charge >= 0.3 is 0 Å². The van der Waals surface area contributed by atoms with Crippen molar-refractivity contribution in [2.45, 2.75) is 45.2 Å². The fraction of sp³-hybridized carbons (Fsp3) is 0.615. The van der Waals surface area contributed by atoms with Crippen molar-refractivity contribution in [2.24, 2.45) is 5.92 Å². The van der Waals surface area contributed by atoms with E-state index in [1.54, 1.807) is 5.57 Å². The molecule has 0 radical (unpaired) electrons. The predicted octanol–water partition coefficient (Wildman–Crippen LogP) is 2.24. The predicted molar refractivity (Wildman–Crippen MR) is 63.9 cm³/mol. The summed E-state index contributed by atoms with van der Waals surface area (Å²) in [7, 11) is 0. The quantitative estimate of drug-likeness (QED) is 0.823. The smallest absolute Gasteiger partial charge is 0.105 e. The molecular weight excluding hydrogens is 198 g/mol. The number of imidazole rings is 1. The minimum Gasteiger partial charge on any atom is -0.388 e. The first-order valence-electron chi connectivity index (χ1n) is 6.27. The van der Waals surface area contributed by atoms with Crippen molar-refractivity contribution >= 4 is 0 Å². The molecule has 1 aromatic rings. The monoisotopic (exact) mass is 217 g/mol. The van der Waals surface area contributed by atoms with Crippen LogP contribution in [0.2, 0.25) is 0 Å². The van der Waals surface area contributed by atoms with E-state index in [1.165, 1.54) is 25.7 Å². The van der Waals surface area contributed by atoms with E-state index < -0.39 is 0 Å². The van der Waals surface area contributed by atoms with Gasteiger partial charge in [0.05, 0.1) is 0 Å². The molecular formula is C13H19N3. The molecule has 2 atom stereocenters. The molecule has 3 nitrogen and oxygen atoms in total. The molecule has 16 heavy (non-hydrogen) atoms. The molecule has 0 amide bonds. The van der Waals surface area contributed by atoms with Crippen molar-refractivity contribution in [3.05, 3.63) is 30.0 Å². The molecule has 86 valence electrons. The summed E-state index contributed by atoms with van der Waals surface area (Å²) < 4.78 is 2.24. The zero-order valence-corrected chi connectivity index (χ0v) is 9.82. The van der Waals surface area contributed by atoms with Crippen molar-refractivity contribution in [1.82, 2.24) is 14.9 Å². The van der Waals surface area contributed by atoms with E-state index in [1.807, 2.05) is 6.20 Å². The summed E-state index contributed by atoms with van der Waals surface area (Å²) in [5.74, 6) is 1.88. The van der Waals surface area contributed by atoms with Gasteiger partial charge < -0.3 is 9.88 Å². The lowest BCUT2D eigenvalue weighted by Crippen LogP contribution is -2.30. The van der Waals surface area contributed by atoms with Crippen LogP contribution in [-0.4, -0.2) is 15.6 Å². The maximum atomic E-state index is 4.28. The molecule has 1 aliphatic carbocycles. The Morgan fingerprint density at radius 2 is 2.31 bits per heavy atom. The van der Waals surface area contributed by atoms with Crippen LogP contribution in [-0.2, 0) is 6.54 Å². The van der Waals surface area contributed by atoms with Crippen LogP contribution in [0.15, 0.2) is 24.2 Å². The molecule has 0 bridgehead atoms. The van der Waals surface area contributed by atoms with Crippen molar-refractivity contribution in [2.75, 3.05) is 0 Å². The first-order chi connectivity index (χ1) is 7.84. The fourth-order valence-electron chi connectivity index (χ4n) is 3.03. The molecule has 1 aliphatic heterocycles. The molecule has 2 heterocycles. The minimum atomic E-state index is 0.715. The second kappa shape index (κ2) is 3.96. The maximum Gasteiger partial charge on any atom is 0.105 e. The van der Waals surface area contributed by atoms with Gasteiger partial charge in [0.15, 0.2) is 0 Å². The first-order valence-corrected chi connectivity index (χ1v) is 6.27. The Kier molecular flexibility index (Phi) is 2.46. The van der Waals surface area contributed by atoms with E-state index in [9.17, 15) is 0 Å². The van der Waals surface area contributed by atoms with Crippen LogP contribution in [0.5, 0.6) is 0 Å². The maximum absolute atomic E-state index is 4.28. The highest BCUT2D eigenvalue weighted by Gasteiger charge is 2.31. The average molecular weight is 217 g/mol. The third-order valence-electron chi connectivity index (χ3n) is 4.00. The summed E-state index contributed by atoms with van der Waals surface area (Å²) in [4.78, 5) is 4.28. The summed E-state index contributed by atoms with van der Waals surface area (Å²) in [5.41, 5.74) is 1.56. The molecule has 1 N–H and O–H groups in total. The lowest BCUT2D eigenvalue weighted by atomic mass is 9.82. The topological polar surface area (TPSA) is 29.9 Å². The normalized spacial score (nSPS) is 28.4. The molecule has 3 heteroatoms. The number of hydrogen-bond acceptors (Lipinski definition) is 2. The largest absolute Gasteiger partial charge is 0.388 e. The minimum absolute atomic E-state index is 0.715. The number of nitrogens with one attached hydrogen (secondary N) is 1. The van der Waals surface area contributed by atoms with Gasteiger partial charge in [-0.15, -0.1) is 0 Å². The summed E-state index contributed by atoms with van der Waals surface area (Å²) in [6.45, 7) is 3.08. The molecule has 0 spiro atoms. The molecule has 0 aromatic carbocycles. The third kappa shape index (κ3) is 1.64. The van der Waals surface area contributed by atoms with Gasteiger partial charge in [-0.3, -0.25) is 0 Å². The number of nitrogens with zero attached hydrogens (tertiary/aromatic N) is 2. The van der Waals surface area contributed by atoms with Crippen LogP contribution in [0, 0.1) is 12.8 Å². The molecule has 0 saturated heterocycles. The first kappa shape index (κ1) is 9.94. The zero-order chi connectivity index (χ0) is 11.0. The van der Waals surface area contributed by atoms with Crippen molar-refractivity contribution in [1.29, 1.82) is 0 Å². The summed E-state index contributed by atoms with van der Waals surface area (Å²) >= 11 is 0. The van der Waals surface area contributed by atoms with Gasteiger partial charge in [-0.25, -0.2) is 4.98 Å². The molecule has 1 saturated carbocycles. The van der Waals surface area contributed by atoms with Gasteiger partial charge in [0.25, 0.3) is 0 Å². The Morgan fingerprint density at radius 1 is 1.44 bits per heavy atom. The molecule has 3 rings (SSSR count). The van der Waals surface area contributed by atoms with E-state index in [2.05, 4.69) is 34.2 Å². The van der Waals surface area contributed by atoms with Gasteiger partial charge in [0.2, 0.25) is 0 Å². The van der Waals surface area contributed by atoms with Crippen LogP contribution in [0.25, 0.3) is 0 Å². The van der Waals surface area contributed by atoms with E-state index in [0.717, 1.165) is 18.3 Å². The molecule has 1 fully saturated rings. The Labute approximate surface area is 96.6 Å². The van der Waals surface area contributed by atoms with Crippen LogP contribution in [0.1, 0.15) is 31.5 Å². The average Bonchev–Trinajstić information content (AvgIpc) is 2.88. The van der Waals surface area contributed by atoms with Crippen LogP contribution < -0.4 is 5.32 Å². The van der Waals surface area contributed by atoms with Crippen molar-refractivity contribution in [3.63, 3.8) is 0 Å². The fourth-order valence-corrected chi connectivity index (χ4v) is 3.03. The number of fused-ring (bicyclic) bond motifs is 1. The van der Waals surface area contributed by atoms with E-state index in [4.69, 9.17) is 0 Å². The van der Waals surface area contributed by atoms with Crippen LogP contribution in [0.3, 0.4) is 0 Å². The van der Waals surface area contributed by atoms with Gasteiger partial charge in [0.1, 0.15) is 5.82 Å². The standard InChI is InChI=1S/C13H19N3/c1-10-14-6-7-16(10)9-11-8-15-13-5-3-2-4-12(11)13/h6-8,12-13,15H,2-5,9H2,1H3. The highest BCUT2D eigenvalue weighted by Crippen LogP contribution is 2.34. The summed E-state index contributed by atoms with van der Waals surface area (Å²) in [6.07, 6.45) is 11.7. The van der Waals surface area contributed by atoms with E-state index in [-0.39, 0.29) is 0 Å². The second-order valence-corrected chi connectivity index (χ2v) is 4.99. The van der Waals surface area contributed by atoms with Gasteiger partial charge in [-0.1, -0.05) is 12.8 Å². The Balaban J connectivity index is 1.74. The van der Waals surface area contributed by atoms with Gasteiger partial charge in [0, 0.05) is 30.9 Å². The number of aromatic nitrogens is 2. The number of hydrogen-bond donors (Lipinski definition) is 1. The summed E-state index contributed by atoms with van der Waals surface area (Å²) in [6, 6.07) is 0.715. The highest BCUT2D eigenvalue weighted by molar-refractivity contribution is 5.18. The molecule has 1 aromatic heterocycles. The molecule has 2 aliphatic rings. The number of rotatable bonds is 2. The van der Waals surface area contributed by atoms with Crippen LogP contribution >= 0.6 is 0 Å². The lowest BCUT2D eigenvalue weighted by Gasteiger charge is -2.27. The summed E-state index contributed by atoms with van der Waals surface area (Å²) in [5, 5.41) is 3.54. The third-order valence-corrected chi connectivity index (χ3v) is 4.00. The van der Waals surface area contributed by atoms with Crippen LogP contribution in [0.4, 0.5) is 0 Å². The van der Waals surface area contributed by atoms with E-state index >= 15 is 0 Å². The highest BCUT2D eigenvalue weighted by atomic mass is 15.1. The van der Waals surface area contributed by atoms with Gasteiger partial charge in [-0.05, 0) is 31.5 Å². The number of aryl methyl sites for hydroxylation is 1. The SMILES string of the molecule is Cc1nccn1CC1=CNC2CCCCC12.